The summed E-state index contributed by atoms with van der Waals surface area (Å²) in [5.41, 5.74) is 2.19. The lowest BCUT2D eigenvalue weighted by Gasteiger charge is -2.10. The van der Waals surface area contributed by atoms with Gasteiger partial charge in [0.2, 0.25) is 0 Å². The number of hydrogen-bond acceptors (Lipinski definition) is 3. The van der Waals surface area contributed by atoms with Crippen molar-refractivity contribution in [1.82, 2.24) is 0 Å². The average Bonchev–Trinajstić information content (AvgIpc) is 2.50. The van der Waals surface area contributed by atoms with Gasteiger partial charge in [0.05, 0.1) is 0 Å². The highest BCUT2D eigenvalue weighted by atomic mass is 16.1. The first-order valence-corrected chi connectivity index (χ1v) is 7.98. The van der Waals surface area contributed by atoms with E-state index in [-0.39, 0.29) is 0 Å². The highest BCUT2D eigenvalue weighted by Crippen LogP contribution is 2.21. The van der Waals surface area contributed by atoms with E-state index < -0.39 is 0 Å². The Hall–Kier alpha value is -1.51. The van der Waals surface area contributed by atoms with Crippen LogP contribution in [0.15, 0.2) is 23.3 Å². The average molecular weight is 292 g/mol. The van der Waals surface area contributed by atoms with E-state index in [4.69, 9.17) is 0 Å². The van der Waals surface area contributed by atoms with Crippen LogP contribution in [0, 0.1) is 0 Å². The number of carbonyl (C=O) groups is 3. The zero-order chi connectivity index (χ0) is 15.8. The molecule has 0 aromatic heterocycles. The normalized spacial score (nSPS) is 12.2. The fourth-order valence-electron chi connectivity index (χ4n) is 2.31. The third-order valence-electron chi connectivity index (χ3n) is 3.43. The van der Waals surface area contributed by atoms with Gasteiger partial charge in [-0.3, -0.25) is 4.79 Å². The lowest BCUT2D eigenvalue weighted by atomic mass is 9.95. The highest BCUT2D eigenvalue weighted by molar-refractivity contribution is 5.74. The molecule has 0 aromatic rings. The summed E-state index contributed by atoms with van der Waals surface area (Å²) < 4.78 is 0. The number of aldehydes is 3. The molecule has 0 fully saturated rings. The second-order valence-electron chi connectivity index (χ2n) is 5.18. The van der Waals surface area contributed by atoms with Crippen LogP contribution in [0.4, 0.5) is 0 Å². The van der Waals surface area contributed by atoms with Crippen LogP contribution in [0.25, 0.3) is 0 Å². The molecular formula is C18H28O3. The molecule has 118 valence electrons. The fourth-order valence-corrected chi connectivity index (χ4v) is 2.31. The maximum absolute atomic E-state index is 11.3. The molecule has 0 rings (SSSR count). The minimum Gasteiger partial charge on any atom is -0.303 e. The molecule has 3 nitrogen and oxygen atoms in total. The molecule has 0 aromatic carbocycles. The van der Waals surface area contributed by atoms with E-state index in [1.54, 1.807) is 0 Å². The van der Waals surface area contributed by atoms with Crippen LogP contribution in [0.5, 0.6) is 0 Å². The Balaban J connectivity index is 4.38. The van der Waals surface area contributed by atoms with Crippen LogP contribution in [0.3, 0.4) is 0 Å². The van der Waals surface area contributed by atoms with Crippen LogP contribution < -0.4 is 0 Å². The number of hydrogen-bond donors (Lipinski definition) is 0. The van der Waals surface area contributed by atoms with Gasteiger partial charge in [-0.05, 0) is 44.1 Å². The third-order valence-corrected chi connectivity index (χ3v) is 3.43. The highest BCUT2D eigenvalue weighted by Gasteiger charge is 2.05. The molecule has 0 heterocycles. The summed E-state index contributed by atoms with van der Waals surface area (Å²) in [7, 11) is 0. The summed E-state index contributed by atoms with van der Waals surface area (Å²) in [5.74, 6) is 0. The van der Waals surface area contributed by atoms with Gasteiger partial charge in [-0.15, -0.1) is 0 Å². The van der Waals surface area contributed by atoms with Crippen molar-refractivity contribution in [3.63, 3.8) is 0 Å². The Bertz CT molecular complexity index is 353. The van der Waals surface area contributed by atoms with E-state index in [0.29, 0.717) is 12.8 Å². The maximum Gasteiger partial charge on any atom is 0.145 e. The Morgan fingerprint density at radius 2 is 1.62 bits per heavy atom. The molecule has 0 radical (unpaired) electrons. The van der Waals surface area contributed by atoms with Crippen LogP contribution in [0.2, 0.25) is 0 Å². The van der Waals surface area contributed by atoms with Gasteiger partial charge < -0.3 is 9.59 Å². The SMILES string of the molecule is CCCC(CCC=CCC=O)=C(C=O)CCCCCC=O. The van der Waals surface area contributed by atoms with Crippen LogP contribution in [-0.2, 0) is 14.4 Å². The van der Waals surface area contributed by atoms with Crippen molar-refractivity contribution in [2.45, 2.75) is 71.1 Å². The largest absolute Gasteiger partial charge is 0.303 e. The molecule has 0 aliphatic carbocycles. The summed E-state index contributed by atoms with van der Waals surface area (Å²) in [4.78, 5) is 31.8. The molecule has 0 bridgehead atoms. The van der Waals surface area contributed by atoms with Gasteiger partial charge in [-0.25, -0.2) is 0 Å². The molecule has 0 atom stereocenters. The zero-order valence-electron chi connectivity index (χ0n) is 13.2. The smallest absolute Gasteiger partial charge is 0.145 e. The zero-order valence-corrected chi connectivity index (χ0v) is 13.2. The van der Waals surface area contributed by atoms with E-state index >= 15 is 0 Å². The van der Waals surface area contributed by atoms with Crippen molar-refractivity contribution in [3.05, 3.63) is 23.3 Å². The molecule has 0 unspecified atom stereocenters. The first-order valence-electron chi connectivity index (χ1n) is 7.98. The molecule has 0 aliphatic heterocycles. The van der Waals surface area contributed by atoms with Gasteiger partial charge in [0.25, 0.3) is 0 Å². The number of carbonyl (C=O) groups excluding carboxylic acids is 3. The number of unbranched alkanes of at least 4 members (excludes halogenated alkanes) is 3. The number of rotatable bonds is 14. The fraction of sp³-hybridized carbons (Fsp3) is 0.611. The second-order valence-corrected chi connectivity index (χ2v) is 5.18. The summed E-state index contributed by atoms with van der Waals surface area (Å²) >= 11 is 0. The van der Waals surface area contributed by atoms with Gasteiger partial charge in [0.1, 0.15) is 18.9 Å². The standard InChI is InChI=1S/C18H28O3/c1-2-11-17(12-7-3-5-9-14-19)18(16-21)13-8-4-6-10-15-20/h3,5,14-16H,2,4,6-13H2,1H3. The predicted octanol–water partition coefficient (Wildman–Crippen LogP) is 4.36. The van der Waals surface area contributed by atoms with E-state index in [0.717, 1.165) is 75.8 Å². The van der Waals surface area contributed by atoms with Gasteiger partial charge in [0, 0.05) is 12.8 Å². The van der Waals surface area contributed by atoms with E-state index in [1.165, 1.54) is 5.57 Å². The van der Waals surface area contributed by atoms with Gasteiger partial charge in [-0.2, -0.15) is 0 Å². The third kappa shape index (κ3) is 10.9. The van der Waals surface area contributed by atoms with Crippen molar-refractivity contribution in [3.8, 4) is 0 Å². The Morgan fingerprint density at radius 3 is 2.24 bits per heavy atom. The lowest BCUT2D eigenvalue weighted by molar-refractivity contribution is -0.108. The maximum atomic E-state index is 11.3. The molecule has 3 heteroatoms. The van der Waals surface area contributed by atoms with Gasteiger partial charge in [-0.1, -0.05) is 37.5 Å². The Kier molecular flexibility index (Phi) is 13.8. The molecule has 21 heavy (non-hydrogen) atoms. The van der Waals surface area contributed by atoms with E-state index in [9.17, 15) is 14.4 Å². The second kappa shape index (κ2) is 14.9. The molecule has 0 N–H and O–H groups in total. The van der Waals surface area contributed by atoms with Crippen molar-refractivity contribution in [2.75, 3.05) is 0 Å². The molecule has 0 saturated heterocycles. The summed E-state index contributed by atoms with van der Waals surface area (Å²) in [6, 6.07) is 0. The lowest BCUT2D eigenvalue weighted by Crippen LogP contribution is -1.96. The summed E-state index contributed by atoms with van der Waals surface area (Å²) in [6.07, 6.45) is 15.3. The molecule has 0 aliphatic rings. The minimum atomic E-state index is 0.462. The van der Waals surface area contributed by atoms with Gasteiger partial charge in [0.15, 0.2) is 0 Å². The summed E-state index contributed by atoms with van der Waals surface area (Å²) in [6.45, 7) is 2.12. The van der Waals surface area contributed by atoms with E-state index in [2.05, 4.69) is 6.92 Å². The van der Waals surface area contributed by atoms with Crippen molar-refractivity contribution >= 4 is 18.9 Å². The minimum absolute atomic E-state index is 0.462. The molecule has 0 spiro atoms. The van der Waals surface area contributed by atoms with Crippen molar-refractivity contribution in [2.24, 2.45) is 0 Å². The number of allylic oxidation sites excluding steroid dienone is 4. The topological polar surface area (TPSA) is 51.2 Å². The van der Waals surface area contributed by atoms with E-state index in [1.807, 2.05) is 12.2 Å². The molecular weight excluding hydrogens is 264 g/mol. The predicted molar refractivity (Wildman–Crippen MR) is 86.2 cm³/mol. The Labute approximate surface area is 128 Å². The molecule has 0 amide bonds. The first-order chi connectivity index (χ1) is 10.3. The van der Waals surface area contributed by atoms with Gasteiger partial charge >= 0.3 is 0 Å². The van der Waals surface area contributed by atoms with Crippen LogP contribution in [0.1, 0.15) is 71.1 Å². The molecule has 0 saturated carbocycles. The van der Waals surface area contributed by atoms with Crippen LogP contribution >= 0.6 is 0 Å². The summed E-state index contributed by atoms with van der Waals surface area (Å²) in [5, 5.41) is 0. The van der Waals surface area contributed by atoms with Crippen molar-refractivity contribution < 1.29 is 14.4 Å². The first kappa shape index (κ1) is 19.5. The van der Waals surface area contributed by atoms with Crippen LogP contribution in [-0.4, -0.2) is 18.9 Å². The Morgan fingerprint density at radius 1 is 0.810 bits per heavy atom. The quantitative estimate of drug-likeness (QED) is 0.207. The monoisotopic (exact) mass is 292 g/mol. The van der Waals surface area contributed by atoms with Crippen molar-refractivity contribution in [1.29, 1.82) is 0 Å².